The molecule has 0 aliphatic heterocycles. The number of rotatable bonds is 3. The van der Waals surface area contributed by atoms with Gasteiger partial charge in [-0.25, -0.2) is 4.39 Å². The molecule has 4 nitrogen and oxygen atoms in total. The van der Waals surface area contributed by atoms with Gasteiger partial charge in [-0.15, -0.1) is 0 Å². The number of hydrogen-bond donors (Lipinski definition) is 1. The first-order valence-electron chi connectivity index (χ1n) is 5.69. The van der Waals surface area contributed by atoms with E-state index in [9.17, 15) is 9.18 Å². The van der Waals surface area contributed by atoms with E-state index in [-0.39, 0.29) is 5.56 Å². The average Bonchev–Trinajstić information content (AvgIpc) is 2.75. The minimum atomic E-state index is -0.528. The molecule has 5 heteroatoms. The first-order valence-corrected chi connectivity index (χ1v) is 5.69. The number of aryl methyl sites for hydroxylation is 1. The maximum Gasteiger partial charge on any atom is 0.254 e. The number of benzene rings is 1. The Morgan fingerprint density at radius 1 is 1.44 bits per heavy atom. The van der Waals surface area contributed by atoms with Crippen molar-refractivity contribution in [1.29, 1.82) is 0 Å². The SMILES string of the molecule is CCNC(=O)c1ccc(-c2ccnn2C)cc1F. The molecule has 0 radical (unpaired) electrons. The van der Waals surface area contributed by atoms with Crippen molar-refractivity contribution in [3.05, 3.63) is 41.8 Å². The van der Waals surface area contributed by atoms with Crippen LogP contribution < -0.4 is 5.32 Å². The molecule has 1 aromatic carbocycles. The van der Waals surface area contributed by atoms with E-state index in [1.165, 1.54) is 12.1 Å². The molecule has 1 amide bonds. The van der Waals surface area contributed by atoms with Crippen molar-refractivity contribution in [1.82, 2.24) is 15.1 Å². The molecule has 0 saturated carbocycles. The molecule has 0 atom stereocenters. The van der Waals surface area contributed by atoms with E-state index in [2.05, 4.69) is 10.4 Å². The van der Waals surface area contributed by atoms with Crippen LogP contribution in [0.5, 0.6) is 0 Å². The summed E-state index contributed by atoms with van der Waals surface area (Å²) in [7, 11) is 1.78. The quantitative estimate of drug-likeness (QED) is 0.901. The van der Waals surface area contributed by atoms with E-state index in [4.69, 9.17) is 0 Å². The maximum absolute atomic E-state index is 13.9. The molecule has 0 bridgehead atoms. The van der Waals surface area contributed by atoms with E-state index in [1.54, 1.807) is 37.0 Å². The van der Waals surface area contributed by atoms with Gasteiger partial charge in [-0.3, -0.25) is 9.48 Å². The van der Waals surface area contributed by atoms with Crippen LogP contribution >= 0.6 is 0 Å². The number of halogens is 1. The molecule has 0 unspecified atom stereocenters. The van der Waals surface area contributed by atoms with Gasteiger partial charge >= 0.3 is 0 Å². The molecule has 0 spiro atoms. The van der Waals surface area contributed by atoms with Crippen LogP contribution in [0.15, 0.2) is 30.5 Å². The average molecular weight is 247 g/mol. The van der Waals surface area contributed by atoms with E-state index in [1.807, 2.05) is 0 Å². The number of nitrogens with one attached hydrogen (secondary N) is 1. The molecule has 1 N–H and O–H groups in total. The summed E-state index contributed by atoms with van der Waals surface area (Å²) in [5, 5.41) is 6.60. The molecule has 18 heavy (non-hydrogen) atoms. The van der Waals surface area contributed by atoms with Crippen molar-refractivity contribution in [3.8, 4) is 11.3 Å². The molecule has 1 heterocycles. The third-order valence-electron chi connectivity index (χ3n) is 2.67. The highest BCUT2D eigenvalue weighted by atomic mass is 19.1. The smallest absolute Gasteiger partial charge is 0.254 e. The molecule has 94 valence electrons. The van der Waals surface area contributed by atoms with E-state index >= 15 is 0 Å². The van der Waals surface area contributed by atoms with Crippen LogP contribution in [0.3, 0.4) is 0 Å². The predicted molar refractivity (Wildman–Crippen MR) is 66.6 cm³/mol. The van der Waals surface area contributed by atoms with E-state index in [0.717, 1.165) is 5.69 Å². The van der Waals surface area contributed by atoms with Crippen molar-refractivity contribution in [2.75, 3.05) is 6.54 Å². The predicted octanol–water partition coefficient (Wildman–Crippen LogP) is 1.98. The van der Waals surface area contributed by atoms with Crippen LogP contribution in [0, 0.1) is 5.82 Å². The molecular weight excluding hydrogens is 233 g/mol. The van der Waals surface area contributed by atoms with Crippen molar-refractivity contribution in [3.63, 3.8) is 0 Å². The Morgan fingerprint density at radius 2 is 2.22 bits per heavy atom. The summed E-state index contributed by atoms with van der Waals surface area (Å²) in [4.78, 5) is 11.6. The normalized spacial score (nSPS) is 10.4. The van der Waals surface area contributed by atoms with Crippen molar-refractivity contribution < 1.29 is 9.18 Å². The second-order valence-corrected chi connectivity index (χ2v) is 3.89. The highest BCUT2D eigenvalue weighted by Crippen LogP contribution is 2.21. The number of aromatic nitrogens is 2. The van der Waals surface area contributed by atoms with Gasteiger partial charge in [0, 0.05) is 25.4 Å². The minimum absolute atomic E-state index is 0.0581. The number of nitrogens with zero attached hydrogens (tertiary/aromatic N) is 2. The maximum atomic E-state index is 13.9. The van der Waals surface area contributed by atoms with Gasteiger partial charge in [0.1, 0.15) is 5.82 Å². The summed E-state index contributed by atoms with van der Waals surface area (Å²) < 4.78 is 15.5. The summed E-state index contributed by atoms with van der Waals surface area (Å²) in [5.41, 5.74) is 1.56. The number of carbonyl (C=O) groups is 1. The van der Waals surface area contributed by atoms with Gasteiger partial charge < -0.3 is 5.32 Å². The monoisotopic (exact) mass is 247 g/mol. The number of amides is 1. The topological polar surface area (TPSA) is 46.9 Å². The Hall–Kier alpha value is -2.17. The second-order valence-electron chi connectivity index (χ2n) is 3.89. The molecular formula is C13H14FN3O. The summed E-state index contributed by atoms with van der Waals surface area (Å²) in [6, 6.07) is 6.34. The number of carbonyl (C=O) groups excluding carboxylic acids is 1. The lowest BCUT2D eigenvalue weighted by molar-refractivity contribution is 0.0952. The summed E-state index contributed by atoms with van der Waals surface area (Å²) in [5.74, 6) is -0.925. The molecule has 0 saturated heterocycles. The van der Waals surface area contributed by atoms with Gasteiger partial charge in [0.25, 0.3) is 5.91 Å². The van der Waals surface area contributed by atoms with Crippen molar-refractivity contribution >= 4 is 5.91 Å². The third-order valence-corrected chi connectivity index (χ3v) is 2.67. The van der Waals surface area contributed by atoms with Crippen LogP contribution in [0.25, 0.3) is 11.3 Å². The van der Waals surface area contributed by atoms with Crippen molar-refractivity contribution in [2.24, 2.45) is 7.05 Å². The van der Waals surface area contributed by atoms with Gasteiger partial charge in [0.05, 0.1) is 11.3 Å². The minimum Gasteiger partial charge on any atom is -0.352 e. The lowest BCUT2D eigenvalue weighted by Crippen LogP contribution is -2.23. The van der Waals surface area contributed by atoms with Gasteiger partial charge in [-0.1, -0.05) is 6.07 Å². The zero-order valence-corrected chi connectivity index (χ0v) is 10.3. The van der Waals surface area contributed by atoms with Crippen LogP contribution in [0.4, 0.5) is 4.39 Å². The molecule has 2 rings (SSSR count). The lowest BCUT2D eigenvalue weighted by Gasteiger charge is -2.06. The van der Waals surface area contributed by atoms with Crippen LogP contribution in [-0.4, -0.2) is 22.2 Å². The summed E-state index contributed by atoms with van der Waals surface area (Å²) in [6.07, 6.45) is 1.64. The fourth-order valence-corrected chi connectivity index (χ4v) is 1.77. The Morgan fingerprint density at radius 3 is 2.78 bits per heavy atom. The van der Waals surface area contributed by atoms with E-state index in [0.29, 0.717) is 12.1 Å². The van der Waals surface area contributed by atoms with Gasteiger partial charge in [-0.2, -0.15) is 5.10 Å². The second kappa shape index (κ2) is 5.00. The fraction of sp³-hybridized carbons (Fsp3) is 0.231. The third kappa shape index (κ3) is 2.25. The summed E-state index contributed by atoms with van der Waals surface area (Å²) in [6.45, 7) is 2.27. The zero-order valence-electron chi connectivity index (χ0n) is 10.3. The first-order chi connectivity index (χ1) is 8.63. The largest absolute Gasteiger partial charge is 0.352 e. The molecule has 2 aromatic rings. The van der Waals surface area contributed by atoms with Gasteiger partial charge in [0.2, 0.25) is 0 Å². The fourth-order valence-electron chi connectivity index (χ4n) is 1.77. The van der Waals surface area contributed by atoms with Crippen LogP contribution in [0.2, 0.25) is 0 Å². The highest BCUT2D eigenvalue weighted by Gasteiger charge is 2.12. The van der Waals surface area contributed by atoms with Crippen LogP contribution in [-0.2, 0) is 7.05 Å². The Labute approximate surface area is 104 Å². The Balaban J connectivity index is 2.36. The Bertz CT molecular complexity index is 577. The molecule has 0 aliphatic carbocycles. The summed E-state index contributed by atoms with van der Waals surface area (Å²) >= 11 is 0. The van der Waals surface area contributed by atoms with E-state index < -0.39 is 11.7 Å². The van der Waals surface area contributed by atoms with Crippen LogP contribution in [0.1, 0.15) is 17.3 Å². The number of hydrogen-bond acceptors (Lipinski definition) is 2. The molecule has 0 aliphatic rings. The van der Waals surface area contributed by atoms with Gasteiger partial charge in [-0.05, 0) is 25.1 Å². The highest BCUT2D eigenvalue weighted by molar-refractivity contribution is 5.94. The molecule has 1 aromatic heterocycles. The molecule has 0 fully saturated rings. The standard InChI is InChI=1S/C13H14FN3O/c1-3-15-13(18)10-5-4-9(8-11(10)14)12-6-7-16-17(12)2/h4-8H,3H2,1-2H3,(H,15,18). The van der Waals surface area contributed by atoms with Gasteiger partial charge in [0.15, 0.2) is 0 Å². The zero-order chi connectivity index (χ0) is 13.1. The van der Waals surface area contributed by atoms with Crippen molar-refractivity contribution in [2.45, 2.75) is 6.92 Å². The lowest BCUT2D eigenvalue weighted by atomic mass is 10.1. The first kappa shape index (κ1) is 12.3. The Kier molecular flexibility index (Phi) is 3.41.